The van der Waals surface area contributed by atoms with Gasteiger partial charge in [-0.05, 0) is 49.1 Å². The average molecular weight is 389 g/mol. The van der Waals surface area contributed by atoms with Crippen LogP contribution in [0, 0.1) is 0 Å². The quantitative estimate of drug-likeness (QED) is 0.734. The third-order valence-corrected chi connectivity index (χ3v) is 5.22. The van der Waals surface area contributed by atoms with E-state index in [0.717, 1.165) is 41.8 Å². The van der Waals surface area contributed by atoms with Gasteiger partial charge in [-0.2, -0.15) is 0 Å². The lowest BCUT2D eigenvalue weighted by molar-refractivity contribution is 0.0606. The molecule has 7 heteroatoms. The maximum Gasteiger partial charge on any atom is 0.254 e. The largest absolute Gasteiger partial charge is 0.497 e. The predicted octanol–water partition coefficient (Wildman–Crippen LogP) is 3.50. The summed E-state index contributed by atoms with van der Waals surface area (Å²) in [6, 6.07) is 11.1. The van der Waals surface area contributed by atoms with Crippen molar-refractivity contribution in [3.8, 4) is 16.9 Å². The number of methoxy groups -OCH3 is 1. The summed E-state index contributed by atoms with van der Waals surface area (Å²) >= 11 is 0. The molecule has 148 valence electrons. The van der Waals surface area contributed by atoms with Gasteiger partial charge in [0.1, 0.15) is 5.75 Å². The number of carbonyl (C=O) groups excluding carboxylic acids is 1. The van der Waals surface area contributed by atoms with E-state index in [9.17, 15) is 4.79 Å². The van der Waals surface area contributed by atoms with E-state index in [1.807, 2.05) is 29.2 Å². The Balaban J connectivity index is 1.77. The molecule has 0 spiro atoms. The number of anilines is 1. The van der Waals surface area contributed by atoms with Crippen LogP contribution in [0.4, 0.5) is 5.95 Å². The van der Waals surface area contributed by atoms with Gasteiger partial charge in [-0.1, -0.05) is 12.1 Å². The second kappa shape index (κ2) is 8.26. The van der Waals surface area contributed by atoms with Crippen molar-refractivity contribution in [3.05, 3.63) is 66.2 Å². The molecule has 1 aliphatic rings. The summed E-state index contributed by atoms with van der Waals surface area (Å²) in [5.74, 6) is 0.929. The van der Waals surface area contributed by atoms with Crippen LogP contribution in [0.5, 0.6) is 5.75 Å². The van der Waals surface area contributed by atoms with Gasteiger partial charge in [-0.25, -0.2) is 9.97 Å². The number of pyridine rings is 1. The van der Waals surface area contributed by atoms with E-state index in [-0.39, 0.29) is 17.9 Å². The number of nitrogen functional groups attached to an aromatic ring is 1. The molecule has 2 N–H and O–H groups in total. The number of aromatic nitrogens is 3. The minimum atomic E-state index is -0.170. The Bertz CT molecular complexity index is 1010. The van der Waals surface area contributed by atoms with Gasteiger partial charge >= 0.3 is 0 Å². The monoisotopic (exact) mass is 389 g/mol. The number of hydrogen-bond donors (Lipinski definition) is 1. The first-order valence-corrected chi connectivity index (χ1v) is 9.65. The van der Waals surface area contributed by atoms with Gasteiger partial charge in [0.25, 0.3) is 5.91 Å². The molecule has 1 atom stereocenters. The minimum Gasteiger partial charge on any atom is -0.497 e. The number of piperidine rings is 1. The zero-order valence-electron chi connectivity index (χ0n) is 16.3. The summed E-state index contributed by atoms with van der Waals surface area (Å²) in [7, 11) is 1.63. The highest BCUT2D eigenvalue weighted by Gasteiger charge is 2.32. The highest BCUT2D eigenvalue weighted by molar-refractivity contribution is 5.94. The first-order valence-electron chi connectivity index (χ1n) is 9.65. The van der Waals surface area contributed by atoms with Gasteiger partial charge in [-0.3, -0.25) is 9.78 Å². The lowest BCUT2D eigenvalue weighted by Gasteiger charge is -2.36. The number of hydrogen-bond acceptors (Lipinski definition) is 6. The Morgan fingerprint density at radius 3 is 2.83 bits per heavy atom. The van der Waals surface area contributed by atoms with Crippen molar-refractivity contribution in [2.45, 2.75) is 25.3 Å². The second-order valence-corrected chi connectivity index (χ2v) is 7.01. The molecule has 3 aromatic rings. The zero-order chi connectivity index (χ0) is 20.2. The SMILES string of the molecule is COc1cccc(-c2cnc(N)nc2[C@H]2CCCCN2C(=O)c2ccncc2)c1. The molecule has 29 heavy (non-hydrogen) atoms. The molecule has 0 bridgehead atoms. The van der Waals surface area contributed by atoms with Crippen molar-refractivity contribution < 1.29 is 9.53 Å². The Hall–Kier alpha value is -3.48. The third kappa shape index (κ3) is 3.89. The van der Waals surface area contributed by atoms with Crippen LogP contribution < -0.4 is 10.5 Å². The second-order valence-electron chi connectivity index (χ2n) is 7.01. The van der Waals surface area contributed by atoms with Crippen molar-refractivity contribution >= 4 is 11.9 Å². The fraction of sp³-hybridized carbons (Fsp3) is 0.273. The number of nitrogens with two attached hydrogens (primary N) is 1. The molecule has 1 fully saturated rings. The highest BCUT2D eigenvalue weighted by Crippen LogP contribution is 2.37. The van der Waals surface area contributed by atoms with Gasteiger partial charge in [0, 0.05) is 36.3 Å². The van der Waals surface area contributed by atoms with Crippen LogP contribution in [0.15, 0.2) is 55.0 Å². The van der Waals surface area contributed by atoms with E-state index in [1.165, 1.54) is 0 Å². The number of benzene rings is 1. The van der Waals surface area contributed by atoms with Crippen LogP contribution >= 0.6 is 0 Å². The molecule has 0 radical (unpaired) electrons. The van der Waals surface area contributed by atoms with Crippen molar-refractivity contribution in [2.75, 3.05) is 19.4 Å². The summed E-state index contributed by atoms with van der Waals surface area (Å²) in [6.45, 7) is 0.674. The topological polar surface area (TPSA) is 94.2 Å². The normalized spacial score (nSPS) is 16.4. The van der Waals surface area contributed by atoms with Crippen molar-refractivity contribution in [1.82, 2.24) is 19.9 Å². The molecular formula is C22H23N5O2. The number of carbonyl (C=O) groups is 1. The fourth-order valence-electron chi connectivity index (χ4n) is 3.80. The lowest BCUT2D eigenvalue weighted by Crippen LogP contribution is -2.39. The zero-order valence-corrected chi connectivity index (χ0v) is 16.3. The van der Waals surface area contributed by atoms with E-state index in [1.54, 1.807) is 37.8 Å². The average Bonchev–Trinajstić information content (AvgIpc) is 2.79. The van der Waals surface area contributed by atoms with E-state index < -0.39 is 0 Å². The summed E-state index contributed by atoms with van der Waals surface area (Å²) in [6.07, 6.45) is 7.81. The maximum absolute atomic E-state index is 13.2. The van der Waals surface area contributed by atoms with Crippen LogP contribution in [-0.2, 0) is 0 Å². The minimum absolute atomic E-state index is 0.0223. The summed E-state index contributed by atoms with van der Waals surface area (Å²) < 4.78 is 5.37. The molecule has 1 saturated heterocycles. The molecule has 1 amide bonds. The van der Waals surface area contributed by atoms with Crippen LogP contribution in [-0.4, -0.2) is 39.4 Å². The molecule has 7 nitrogen and oxygen atoms in total. The molecular weight excluding hydrogens is 366 g/mol. The van der Waals surface area contributed by atoms with Gasteiger partial charge < -0.3 is 15.4 Å². The molecule has 2 aromatic heterocycles. The van der Waals surface area contributed by atoms with Crippen LogP contribution in [0.1, 0.15) is 41.4 Å². The molecule has 0 aliphatic carbocycles. The molecule has 1 aliphatic heterocycles. The highest BCUT2D eigenvalue weighted by atomic mass is 16.5. The molecule has 0 unspecified atom stereocenters. The fourth-order valence-corrected chi connectivity index (χ4v) is 3.80. The van der Waals surface area contributed by atoms with E-state index in [4.69, 9.17) is 10.5 Å². The first kappa shape index (κ1) is 18.9. The number of rotatable bonds is 4. The Kier molecular flexibility index (Phi) is 5.37. The molecule has 0 saturated carbocycles. The van der Waals surface area contributed by atoms with Crippen molar-refractivity contribution in [1.29, 1.82) is 0 Å². The summed E-state index contributed by atoms with van der Waals surface area (Å²) in [4.78, 5) is 27.9. The van der Waals surface area contributed by atoms with Crippen molar-refractivity contribution in [2.24, 2.45) is 0 Å². The van der Waals surface area contributed by atoms with Gasteiger partial charge in [0.05, 0.1) is 18.8 Å². The molecule has 4 rings (SSSR count). The number of ether oxygens (including phenoxy) is 1. The molecule has 1 aromatic carbocycles. The lowest BCUT2D eigenvalue weighted by atomic mass is 9.93. The standard InChI is InChI=1S/C22H23N5O2/c1-29-17-6-4-5-16(13-17)18-14-25-22(23)26-20(18)19-7-2-3-12-27(19)21(28)15-8-10-24-11-9-15/h4-6,8-11,13-14,19H,2-3,7,12H2,1H3,(H2,23,25,26)/t19-/m1/s1. The first-order chi connectivity index (χ1) is 14.2. The third-order valence-electron chi connectivity index (χ3n) is 5.22. The number of amides is 1. The number of likely N-dealkylation sites (tertiary alicyclic amines) is 1. The van der Waals surface area contributed by atoms with E-state index in [0.29, 0.717) is 12.1 Å². The summed E-state index contributed by atoms with van der Waals surface area (Å²) in [5, 5.41) is 0. The Labute approximate surface area is 169 Å². The van der Waals surface area contributed by atoms with E-state index >= 15 is 0 Å². The van der Waals surface area contributed by atoms with Crippen LogP contribution in [0.2, 0.25) is 0 Å². The molecule has 3 heterocycles. The summed E-state index contributed by atoms with van der Waals surface area (Å²) in [5.41, 5.74) is 9.13. The van der Waals surface area contributed by atoms with Crippen LogP contribution in [0.25, 0.3) is 11.1 Å². The number of nitrogens with zero attached hydrogens (tertiary/aromatic N) is 4. The van der Waals surface area contributed by atoms with E-state index in [2.05, 4.69) is 15.0 Å². The Morgan fingerprint density at radius 2 is 2.03 bits per heavy atom. The van der Waals surface area contributed by atoms with Gasteiger partial charge in [-0.15, -0.1) is 0 Å². The van der Waals surface area contributed by atoms with Gasteiger partial charge in [0.2, 0.25) is 5.95 Å². The van der Waals surface area contributed by atoms with Crippen LogP contribution in [0.3, 0.4) is 0 Å². The van der Waals surface area contributed by atoms with Gasteiger partial charge in [0.15, 0.2) is 0 Å². The maximum atomic E-state index is 13.2. The Morgan fingerprint density at radius 1 is 1.21 bits per heavy atom. The predicted molar refractivity (Wildman–Crippen MR) is 110 cm³/mol. The smallest absolute Gasteiger partial charge is 0.254 e. The van der Waals surface area contributed by atoms with Crippen molar-refractivity contribution in [3.63, 3.8) is 0 Å².